The van der Waals surface area contributed by atoms with Crippen LogP contribution in [-0.2, 0) is 4.74 Å². The lowest BCUT2D eigenvalue weighted by Crippen LogP contribution is -2.28. The normalized spacial score (nSPS) is 18.5. The van der Waals surface area contributed by atoms with Gasteiger partial charge in [0.25, 0.3) is 0 Å². The van der Waals surface area contributed by atoms with E-state index in [0.29, 0.717) is 30.2 Å². The molecule has 0 aromatic heterocycles. The molecule has 1 atom stereocenters. The number of alkyl halides is 1. The lowest BCUT2D eigenvalue weighted by atomic mass is 10.1. The molecule has 0 amide bonds. The molecule has 1 aliphatic rings. The molecule has 1 saturated heterocycles. The lowest BCUT2D eigenvalue weighted by molar-refractivity contribution is 0.00729. The van der Waals surface area contributed by atoms with Crippen LogP contribution in [0.3, 0.4) is 0 Å². The number of hydrogen-bond donors (Lipinski definition) is 0. The summed E-state index contributed by atoms with van der Waals surface area (Å²) in [4.78, 5) is 0. The van der Waals surface area contributed by atoms with Gasteiger partial charge in [-0.15, -0.1) is 11.6 Å². The van der Waals surface area contributed by atoms with E-state index in [1.807, 2.05) is 0 Å². The molecule has 1 heterocycles. The van der Waals surface area contributed by atoms with E-state index in [-0.39, 0.29) is 11.9 Å². The molecular weight excluding hydrogens is 267 g/mol. The van der Waals surface area contributed by atoms with Crippen LogP contribution in [0.25, 0.3) is 0 Å². The van der Waals surface area contributed by atoms with Gasteiger partial charge in [-0.1, -0.05) is 11.8 Å². The van der Waals surface area contributed by atoms with Crippen LogP contribution in [0.15, 0.2) is 18.2 Å². The molecule has 4 heteroatoms. The highest BCUT2D eigenvalue weighted by atomic mass is 35.5. The molecule has 1 aromatic rings. The Morgan fingerprint density at radius 1 is 1.47 bits per heavy atom. The van der Waals surface area contributed by atoms with Crippen molar-refractivity contribution in [1.29, 1.82) is 0 Å². The highest BCUT2D eigenvalue weighted by molar-refractivity contribution is 6.18. The van der Waals surface area contributed by atoms with Crippen molar-refractivity contribution in [3.63, 3.8) is 0 Å². The van der Waals surface area contributed by atoms with E-state index in [2.05, 4.69) is 11.8 Å². The van der Waals surface area contributed by atoms with Crippen LogP contribution in [0.2, 0.25) is 0 Å². The third-order valence-electron chi connectivity index (χ3n) is 2.80. The first-order valence-corrected chi connectivity index (χ1v) is 6.92. The van der Waals surface area contributed by atoms with Crippen molar-refractivity contribution in [3.05, 3.63) is 29.6 Å². The Morgan fingerprint density at radius 2 is 2.37 bits per heavy atom. The van der Waals surface area contributed by atoms with E-state index in [0.717, 1.165) is 19.4 Å². The van der Waals surface area contributed by atoms with Gasteiger partial charge in [0.2, 0.25) is 0 Å². The minimum Gasteiger partial charge on any atom is -0.487 e. The zero-order chi connectivity index (χ0) is 13.5. The molecular formula is C15H16ClFO2. The summed E-state index contributed by atoms with van der Waals surface area (Å²) >= 11 is 5.57. The summed E-state index contributed by atoms with van der Waals surface area (Å²) in [5, 5.41) is 0. The van der Waals surface area contributed by atoms with Gasteiger partial charge in [-0.3, -0.25) is 0 Å². The zero-order valence-electron chi connectivity index (χ0n) is 10.6. The summed E-state index contributed by atoms with van der Waals surface area (Å²) < 4.78 is 24.5. The van der Waals surface area contributed by atoms with Gasteiger partial charge in [0.05, 0.1) is 12.2 Å². The predicted octanol–water partition coefficient (Wildman–Crippen LogP) is 3.36. The highest BCUT2D eigenvalue weighted by Crippen LogP contribution is 2.22. The summed E-state index contributed by atoms with van der Waals surface area (Å²) in [5.74, 6) is 6.56. The molecule has 0 aliphatic carbocycles. The van der Waals surface area contributed by atoms with Gasteiger partial charge in [0, 0.05) is 18.9 Å². The second kappa shape index (κ2) is 7.37. The Kier molecular flexibility index (Phi) is 5.50. The predicted molar refractivity (Wildman–Crippen MR) is 73.1 cm³/mol. The number of benzene rings is 1. The van der Waals surface area contributed by atoms with Crippen LogP contribution in [0.4, 0.5) is 4.39 Å². The molecule has 1 aliphatic heterocycles. The molecule has 0 saturated carbocycles. The molecule has 2 nitrogen and oxygen atoms in total. The molecule has 0 radical (unpaired) electrons. The standard InChI is InChI=1S/C15H16ClFO2/c16-8-2-1-4-12-10-13(17)6-7-15(12)19-14-5-3-9-18-11-14/h6-7,10,14H,2-3,5,8-9,11H2. The summed E-state index contributed by atoms with van der Waals surface area (Å²) in [6, 6.07) is 4.39. The van der Waals surface area contributed by atoms with Gasteiger partial charge in [0.1, 0.15) is 17.7 Å². The molecule has 0 bridgehead atoms. The number of ether oxygens (including phenoxy) is 2. The van der Waals surface area contributed by atoms with Crippen LogP contribution in [0.5, 0.6) is 5.75 Å². The molecule has 1 aromatic carbocycles. The van der Waals surface area contributed by atoms with Crippen molar-refractivity contribution in [3.8, 4) is 17.6 Å². The summed E-state index contributed by atoms with van der Waals surface area (Å²) in [5.41, 5.74) is 0.565. The van der Waals surface area contributed by atoms with Gasteiger partial charge in [-0.2, -0.15) is 0 Å². The maximum absolute atomic E-state index is 13.3. The molecule has 102 valence electrons. The molecule has 2 rings (SSSR count). The maximum atomic E-state index is 13.3. The Labute approximate surface area is 117 Å². The Morgan fingerprint density at radius 3 is 3.11 bits per heavy atom. The molecule has 1 fully saturated rings. The van der Waals surface area contributed by atoms with Crippen molar-refractivity contribution in [2.75, 3.05) is 19.1 Å². The Hall–Kier alpha value is -1.24. The quantitative estimate of drug-likeness (QED) is 0.625. The minimum absolute atomic E-state index is 0.0211. The number of rotatable bonds is 3. The van der Waals surface area contributed by atoms with Crippen LogP contribution in [0.1, 0.15) is 24.8 Å². The van der Waals surface area contributed by atoms with E-state index in [1.165, 1.54) is 12.1 Å². The number of halogens is 2. The third kappa shape index (κ3) is 4.41. The van der Waals surface area contributed by atoms with Crippen LogP contribution < -0.4 is 4.74 Å². The van der Waals surface area contributed by atoms with E-state index in [9.17, 15) is 4.39 Å². The van der Waals surface area contributed by atoms with Crippen LogP contribution >= 0.6 is 11.6 Å². The van der Waals surface area contributed by atoms with E-state index in [4.69, 9.17) is 21.1 Å². The fourth-order valence-electron chi connectivity index (χ4n) is 1.89. The van der Waals surface area contributed by atoms with Gasteiger partial charge < -0.3 is 9.47 Å². The van der Waals surface area contributed by atoms with E-state index < -0.39 is 0 Å². The summed E-state index contributed by atoms with van der Waals surface area (Å²) in [6.07, 6.45) is 2.53. The number of hydrogen-bond acceptors (Lipinski definition) is 2. The Balaban J connectivity index is 2.12. The highest BCUT2D eigenvalue weighted by Gasteiger charge is 2.16. The largest absolute Gasteiger partial charge is 0.487 e. The van der Waals surface area contributed by atoms with E-state index >= 15 is 0 Å². The fraction of sp³-hybridized carbons (Fsp3) is 0.467. The summed E-state index contributed by atoms with van der Waals surface area (Å²) in [7, 11) is 0. The lowest BCUT2D eigenvalue weighted by Gasteiger charge is -2.23. The third-order valence-corrected chi connectivity index (χ3v) is 2.99. The molecule has 1 unspecified atom stereocenters. The van der Waals surface area contributed by atoms with Crippen molar-refractivity contribution in [2.45, 2.75) is 25.4 Å². The van der Waals surface area contributed by atoms with Crippen molar-refractivity contribution >= 4 is 11.6 Å². The van der Waals surface area contributed by atoms with Crippen molar-refractivity contribution < 1.29 is 13.9 Å². The first-order valence-electron chi connectivity index (χ1n) is 6.38. The average Bonchev–Trinajstić information content (AvgIpc) is 2.43. The molecule has 0 spiro atoms. The second-order valence-electron chi connectivity index (χ2n) is 4.34. The van der Waals surface area contributed by atoms with Crippen LogP contribution in [0, 0.1) is 17.7 Å². The first kappa shape index (κ1) is 14.2. The SMILES string of the molecule is Fc1ccc(OC2CCCOC2)c(C#CCCCl)c1. The fourth-order valence-corrected chi connectivity index (χ4v) is 1.99. The van der Waals surface area contributed by atoms with Crippen LogP contribution in [-0.4, -0.2) is 25.2 Å². The topological polar surface area (TPSA) is 18.5 Å². The smallest absolute Gasteiger partial charge is 0.135 e. The molecule has 19 heavy (non-hydrogen) atoms. The average molecular weight is 283 g/mol. The minimum atomic E-state index is -0.317. The zero-order valence-corrected chi connectivity index (χ0v) is 11.4. The van der Waals surface area contributed by atoms with Gasteiger partial charge in [0.15, 0.2) is 0 Å². The van der Waals surface area contributed by atoms with Crippen molar-refractivity contribution in [1.82, 2.24) is 0 Å². The second-order valence-corrected chi connectivity index (χ2v) is 4.72. The first-order chi connectivity index (χ1) is 9.29. The van der Waals surface area contributed by atoms with Gasteiger partial charge >= 0.3 is 0 Å². The van der Waals surface area contributed by atoms with E-state index in [1.54, 1.807) is 6.07 Å². The molecule has 0 N–H and O–H groups in total. The van der Waals surface area contributed by atoms with Gasteiger partial charge in [-0.25, -0.2) is 4.39 Å². The Bertz CT molecular complexity index is 473. The monoisotopic (exact) mass is 282 g/mol. The van der Waals surface area contributed by atoms with Gasteiger partial charge in [-0.05, 0) is 31.0 Å². The summed E-state index contributed by atoms with van der Waals surface area (Å²) in [6.45, 7) is 1.36. The van der Waals surface area contributed by atoms with Crippen molar-refractivity contribution in [2.24, 2.45) is 0 Å². The maximum Gasteiger partial charge on any atom is 0.135 e.